The summed E-state index contributed by atoms with van der Waals surface area (Å²) >= 11 is 1.32. The predicted molar refractivity (Wildman–Crippen MR) is 36.6 cm³/mol. The fourth-order valence-corrected chi connectivity index (χ4v) is 1.58. The maximum atomic E-state index is 10.7. The van der Waals surface area contributed by atoms with E-state index in [1.807, 2.05) is 24.3 Å². The summed E-state index contributed by atoms with van der Waals surface area (Å²) in [4.78, 5) is 11.8. The first kappa shape index (κ1) is 5.06. The van der Waals surface area contributed by atoms with E-state index >= 15 is 0 Å². The Morgan fingerprint density at radius 2 is 2.00 bits per heavy atom. The molecule has 0 aromatic heterocycles. The number of carbonyl (C=O) groups is 1. The van der Waals surface area contributed by atoms with Gasteiger partial charge < -0.3 is 0 Å². The number of carbonyl (C=O) groups excluding carboxylic acids is 1. The second kappa shape index (κ2) is 1.61. The third-order valence-electron chi connectivity index (χ3n) is 1.31. The van der Waals surface area contributed by atoms with Gasteiger partial charge in [0.2, 0.25) is 5.12 Å². The highest BCUT2D eigenvalue weighted by molar-refractivity contribution is 8.16. The molecule has 0 atom stereocenters. The first-order valence-electron chi connectivity index (χ1n) is 2.69. The van der Waals surface area contributed by atoms with Crippen molar-refractivity contribution in [1.29, 1.82) is 0 Å². The number of benzene rings is 1. The molecule has 0 amide bonds. The van der Waals surface area contributed by atoms with E-state index in [1.54, 1.807) is 0 Å². The molecular weight excluding hydrogens is 132 g/mol. The van der Waals surface area contributed by atoms with Crippen molar-refractivity contribution in [2.24, 2.45) is 0 Å². The van der Waals surface area contributed by atoms with Crippen LogP contribution in [0.15, 0.2) is 29.2 Å². The molecule has 1 nitrogen and oxygen atoms in total. The summed E-state index contributed by atoms with van der Waals surface area (Å²) in [7, 11) is 0. The minimum Gasteiger partial charge on any atom is -0.281 e. The molecule has 2 heteroatoms. The van der Waals surface area contributed by atoms with E-state index in [2.05, 4.69) is 0 Å². The van der Waals surface area contributed by atoms with E-state index < -0.39 is 0 Å². The Balaban J connectivity index is 2.63. The van der Waals surface area contributed by atoms with E-state index in [0.29, 0.717) is 0 Å². The first-order valence-corrected chi connectivity index (χ1v) is 3.51. The minimum atomic E-state index is 0.200. The Kier molecular flexibility index (Phi) is 0.904. The van der Waals surface area contributed by atoms with E-state index in [4.69, 9.17) is 0 Å². The molecule has 0 aliphatic carbocycles. The fraction of sp³-hybridized carbons (Fsp3) is 0. The Morgan fingerprint density at radius 3 is 2.56 bits per heavy atom. The number of thioether (sulfide) groups is 1. The lowest BCUT2D eigenvalue weighted by atomic mass is 10.2. The van der Waals surface area contributed by atoms with Crippen molar-refractivity contribution in [2.45, 2.75) is 4.90 Å². The van der Waals surface area contributed by atoms with Crippen molar-refractivity contribution in [3.8, 4) is 0 Å². The molecule has 0 saturated heterocycles. The van der Waals surface area contributed by atoms with E-state index in [1.165, 1.54) is 11.8 Å². The van der Waals surface area contributed by atoms with Gasteiger partial charge in [-0.2, -0.15) is 0 Å². The molecular formula is C7H4OS. The standard InChI is InChI=1S/C7H4OS/c8-7-5-3-1-2-4-6(5)9-7/h1-4H. The molecule has 9 heavy (non-hydrogen) atoms. The van der Waals surface area contributed by atoms with Gasteiger partial charge in [0.05, 0.1) is 0 Å². The van der Waals surface area contributed by atoms with Crippen LogP contribution in [0.4, 0.5) is 0 Å². The van der Waals surface area contributed by atoms with Gasteiger partial charge in [0.1, 0.15) is 0 Å². The number of hydrogen-bond donors (Lipinski definition) is 0. The van der Waals surface area contributed by atoms with Crippen molar-refractivity contribution < 1.29 is 4.79 Å². The monoisotopic (exact) mass is 136 g/mol. The molecule has 1 aliphatic heterocycles. The second-order valence-electron chi connectivity index (χ2n) is 1.89. The van der Waals surface area contributed by atoms with Crippen molar-refractivity contribution in [2.75, 3.05) is 0 Å². The van der Waals surface area contributed by atoms with Gasteiger partial charge in [-0.1, -0.05) is 12.1 Å². The van der Waals surface area contributed by atoms with Gasteiger partial charge in [-0.05, 0) is 23.9 Å². The molecule has 1 aromatic carbocycles. The summed E-state index contributed by atoms with van der Waals surface area (Å²) in [6.45, 7) is 0. The SMILES string of the molecule is O=C1Sc2ccccc21. The molecule has 1 aromatic rings. The molecule has 1 aliphatic rings. The molecule has 2 rings (SSSR count). The summed E-state index contributed by atoms with van der Waals surface area (Å²) < 4.78 is 0. The first-order chi connectivity index (χ1) is 4.38. The smallest absolute Gasteiger partial charge is 0.225 e. The summed E-state index contributed by atoms with van der Waals surface area (Å²) in [6, 6.07) is 7.64. The van der Waals surface area contributed by atoms with Gasteiger partial charge in [0.25, 0.3) is 0 Å². The highest BCUT2D eigenvalue weighted by Gasteiger charge is 2.22. The second-order valence-corrected chi connectivity index (χ2v) is 2.90. The van der Waals surface area contributed by atoms with Crippen LogP contribution in [-0.2, 0) is 0 Å². The Hall–Kier alpha value is -0.760. The Morgan fingerprint density at radius 1 is 1.22 bits per heavy atom. The maximum Gasteiger partial charge on any atom is 0.225 e. The van der Waals surface area contributed by atoms with Crippen LogP contribution in [0.3, 0.4) is 0 Å². The van der Waals surface area contributed by atoms with Gasteiger partial charge >= 0.3 is 0 Å². The molecule has 0 saturated carbocycles. The van der Waals surface area contributed by atoms with Crippen molar-refractivity contribution >= 4 is 16.9 Å². The summed E-state index contributed by atoms with van der Waals surface area (Å²) in [5.74, 6) is 0. The highest BCUT2D eigenvalue weighted by atomic mass is 32.2. The van der Waals surface area contributed by atoms with Crippen molar-refractivity contribution in [3.05, 3.63) is 29.8 Å². The normalized spacial score (nSPS) is 14.4. The lowest BCUT2D eigenvalue weighted by Crippen LogP contribution is -2.05. The van der Waals surface area contributed by atoms with Gasteiger partial charge in [0.15, 0.2) is 0 Å². The van der Waals surface area contributed by atoms with Crippen LogP contribution in [-0.4, -0.2) is 5.12 Å². The molecule has 1 heterocycles. The molecule has 0 unspecified atom stereocenters. The van der Waals surface area contributed by atoms with Crippen LogP contribution in [0.25, 0.3) is 0 Å². The molecule has 0 radical (unpaired) electrons. The quantitative estimate of drug-likeness (QED) is 0.542. The number of fused-ring (bicyclic) bond motifs is 1. The Bertz CT molecular complexity index is 267. The van der Waals surface area contributed by atoms with Crippen molar-refractivity contribution in [1.82, 2.24) is 0 Å². The van der Waals surface area contributed by atoms with Crippen LogP contribution in [0.5, 0.6) is 0 Å². The zero-order chi connectivity index (χ0) is 6.27. The predicted octanol–water partition coefficient (Wildman–Crippen LogP) is 1.93. The van der Waals surface area contributed by atoms with E-state index in [0.717, 1.165) is 10.5 Å². The molecule has 0 spiro atoms. The summed E-state index contributed by atoms with van der Waals surface area (Å²) in [5.41, 5.74) is 0.877. The van der Waals surface area contributed by atoms with Crippen molar-refractivity contribution in [3.63, 3.8) is 0 Å². The molecule has 0 bridgehead atoms. The third kappa shape index (κ3) is 0.598. The number of rotatable bonds is 0. The fourth-order valence-electron chi connectivity index (χ4n) is 0.833. The molecule has 0 N–H and O–H groups in total. The van der Waals surface area contributed by atoms with Crippen LogP contribution >= 0.6 is 11.8 Å². The molecule has 44 valence electrons. The van der Waals surface area contributed by atoms with E-state index in [9.17, 15) is 4.79 Å². The zero-order valence-corrected chi connectivity index (χ0v) is 5.44. The van der Waals surface area contributed by atoms with Gasteiger partial charge in [-0.15, -0.1) is 0 Å². The largest absolute Gasteiger partial charge is 0.281 e. The van der Waals surface area contributed by atoms with Crippen LogP contribution in [0.1, 0.15) is 10.4 Å². The summed E-state index contributed by atoms with van der Waals surface area (Å²) in [5, 5.41) is 0.200. The van der Waals surface area contributed by atoms with Crippen LogP contribution in [0.2, 0.25) is 0 Å². The topological polar surface area (TPSA) is 17.1 Å². The lowest BCUT2D eigenvalue weighted by molar-refractivity contribution is 0.107. The summed E-state index contributed by atoms with van der Waals surface area (Å²) in [6.07, 6.45) is 0. The average Bonchev–Trinajstić information content (AvgIpc) is 1.86. The third-order valence-corrected chi connectivity index (χ3v) is 2.29. The van der Waals surface area contributed by atoms with Crippen LogP contribution < -0.4 is 0 Å². The maximum absolute atomic E-state index is 10.7. The average molecular weight is 136 g/mol. The zero-order valence-electron chi connectivity index (χ0n) is 4.63. The van der Waals surface area contributed by atoms with E-state index in [-0.39, 0.29) is 5.12 Å². The van der Waals surface area contributed by atoms with Gasteiger partial charge in [0, 0.05) is 10.5 Å². The molecule has 0 fully saturated rings. The van der Waals surface area contributed by atoms with Gasteiger partial charge in [-0.25, -0.2) is 0 Å². The number of hydrogen-bond acceptors (Lipinski definition) is 2. The van der Waals surface area contributed by atoms with Gasteiger partial charge in [-0.3, -0.25) is 4.79 Å². The minimum absolute atomic E-state index is 0.200. The van der Waals surface area contributed by atoms with Crippen LogP contribution in [0, 0.1) is 0 Å². The highest BCUT2D eigenvalue weighted by Crippen LogP contribution is 2.36. The lowest BCUT2D eigenvalue weighted by Gasteiger charge is -2.13. The Labute approximate surface area is 57.1 Å².